The Kier molecular flexibility index (Phi) is 4.90. The molecular weight excluding hydrogens is 370 g/mol. The fourth-order valence-electron chi connectivity index (χ4n) is 2.72. The molecule has 3 aromatic rings. The van der Waals surface area contributed by atoms with Crippen LogP contribution in [0.1, 0.15) is 19.4 Å². The van der Waals surface area contributed by atoms with E-state index in [4.69, 9.17) is 11.6 Å². The summed E-state index contributed by atoms with van der Waals surface area (Å²) < 4.78 is 23.7. The van der Waals surface area contributed by atoms with Crippen molar-refractivity contribution in [1.82, 2.24) is 9.97 Å². The number of hydrogen-bond donors (Lipinski definition) is 1. The molecule has 1 heterocycles. The molecule has 0 aliphatic carbocycles. The second-order valence-corrected chi connectivity index (χ2v) is 9.37. The zero-order chi connectivity index (χ0) is 18.9. The third-order valence-electron chi connectivity index (χ3n) is 4.36. The first-order valence-corrected chi connectivity index (χ1v) is 10.4. The highest BCUT2D eigenvalue weighted by molar-refractivity contribution is 7.90. The second-order valence-electron chi connectivity index (χ2n) is 6.92. The van der Waals surface area contributed by atoms with E-state index in [1.54, 1.807) is 18.2 Å². The number of nitrogens with zero attached hydrogens (tertiary/aromatic N) is 2. The maximum Gasteiger partial charge on any atom is 0.175 e. The fraction of sp³-hybridized carbons (Fsp3) is 0.263. The van der Waals surface area contributed by atoms with Gasteiger partial charge in [0.2, 0.25) is 0 Å². The molecule has 1 N–H and O–H groups in total. The van der Waals surface area contributed by atoms with Gasteiger partial charge in [-0.15, -0.1) is 0 Å². The van der Waals surface area contributed by atoms with Gasteiger partial charge in [-0.2, -0.15) is 0 Å². The van der Waals surface area contributed by atoms with Crippen LogP contribution in [-0.4, -0.2) is 31.2 Å². The van der Waals surface area contributed by atoms with Gasteiger partial charge in [0.05, 0.1) is 10.4 Å². The minimum absolute atomic E-state index is 0.170. The zero-order valence-electron chi connectivity index (χ0n) is 14.8. The van der Waals surface area contributed by atoms with Crippen LogP contribution in [0.3, 0.4) is 0 Å². The SMILES string of the molecule is CC(C)(CNc1ncnc2ccc(S(C)(=O)=O)cc12)c1ccc(Cl)cc1. The predicted octanol–water partition coefficient (Wildman–Crippen LogP) is 4.08. The molecule has 0 amide bonds. The van der Waals surface area contributed by atoms with Crippen LogP contribution in [0.15, 0.2) is 53.7 Å². The number of anilines is 1. The van der Waals surface area contributed by atoms with Gasteiger partial charge in [-0.3, -0.25) is 0 Å². The summed E-state index contributed by atoms with van der Waals surface area (Å²) in [6.45, 7) is 4.85. The molecule has 7 heteroatoms. The number of hydrogen-bond acceptors (Lipinski definition) is 5. The lowest BCUT2D eigenvalue weighted by atomic mass is 9.84. The number of benzene rings is 2. The zero-order valence-corrected chi connectivity index (χ0v) is 16.4. The van der Waals surface area contributed by atoms with E-state index in [1.165, 1.54) is 12.6 Å². The normalized spacial score (nSPS) is 12.3. The Bertz CT molecular complexity index is 1050. The number of nitrogens with one attached hydrogen (secondary N) is 1. The summed E-state index contributed by atoms with van der Waals surface area (Å²) in [7, 11) is -3.30. The maximum absolute atomic E-state index is 11.8. The standard InChI is InChI=1S/C19H20ClN3O2S/c1-19(2,13-4-6-14(20)7-5-13)11-21-18-16-10-15(26(3,24)25)8-9-17(16)22-12-23-18/h4-10,12H,11H2,1-3H3,(H,21,22,23). The Morgan fingerprint density at radius 1 is 1.08 bits per heavy atom. The molecule has 5 nitrogen and oxygen atoms in total. The Hall–Kier alpha value is -2.18. The molecule has 1 aromatic heterocycles. The summed E-state index contributed by atoms with van der Waals surface area (Å²) in [5.41, 5.74) is 1.67. The smallest absolute Gasteiger partial charge is 0.175 e. The lowest BCUT2D eigenvalue weighted by Crippen LogP contribution is -2.28. The summed E-state index contributed by atoms with van der Waals surface area (Å²) >= 11 is 5.97. The fourth-order valence-corrected chi connectivity index (χ4v) is 3.49. The molecule has 0 saturated carbocycles. The number of aromatic nitrogens is 2. The van der Waals surface area contributed by atoms with Gasteiger partial charge in [0.25, 0.3) is 0 Å². The van der Waals surface area contributed by atoms with Crippen molar-refractivity contribution in [3.8, 4) is 0 Å². The summed E-state index contributed by atoms with van der Waals surface area (Å²) in [6.07, 6.45) is 2.66. The third kappa shape index (κ3) is 3.97. The van der Waals surface area contributed by atoms with Gasteiger partial charge in [-0.25, -0.2) is 18.4 Å². The van der Waals surface area contributed by atoms with Gasteiger partial charge in [0.1, 0.15) is 12.1 Å². The van der Waals surface area contributed by atoms with E-state index in [1.807, 2.05) is 24.3 Å². The molecule has 0 fully saturated rings. The van der Waals surface area contributed by atoms with Crippen molar-refractivity contribution in [3.63, 3.8) is 0 Å². The van der Waals surface area contributed by atoms with E-state index in [0.29, 0.717) is 28.3 Å². The van der Waals surface area contributed by atoms with Crippen LogP contribution in [0, 0.1) is 0 Å². The first-order chi connectivity index (χ1) is 12.2. The van der Waals surface area contributed by atoms with Crippen molar-refractivity contribution in [3.05, 3.63) is 59.4 Å². The second kappa shape index (κ2) is 6.85. The van der Waals surface area contributed by atoms with E-state index < -0.39 is 9.84 Å². The highest BCUT2D eigenvalue weighted by Crippen LogP contribution is 2.27. The van der Waals surface area contributed by atoms with Gasteiger partial charge in [0.15, 0.2) is 9.84 Å². The van der Waals surface area contributed by atoms with Crippen LogP contribution in [0.25, 0.3) is 10.9 Å². The van der Waals surface area contributed by atoms with Gasteiger partial charge in [0, 0.05) is 28.6 Å². The van der Waals surface area contributed by atoms with Crippen molar-refractivity contribution < 1.29 is 8.42 Å². The van der Waals surface area contributed by atoms with E-state index in [-0.39, 0.29) is 10.3 Å². The molecule has 0 atom stereocenters. The largest absolute Gasteiger partial charge is 0.369 e. The van der Waals surface area contributed by atoms with Gasteiger partial charge in [-0.1, -0.05) is 37.6 Å². The first-order valence-electron chi connectivity index (χ1n) is 8.11. The van der Waals surface area contributed by atoms with Gasteiger partial charge in [-0.05, 0) is 35.9 Å². The van der Waals surface area contributed by atoms with Crippen LogP contribution < -0.4 is 5.32 Å². The molecule has 0 radical (unpaired) electrons. The van der Waals surface area contributed by atoms with Crippen LogP contribution in [0.4, 0.5) is 5.82 Å². The highest BCUT2D eigenvalue weighted by atomic mass is 35.5. The number of sulfone groups is 1. The van der Waals surface area contributed by atoms with Crippen LogP contribution >= 0.6 is 11.6 Å². The molecule has 0 bridgehead atoms. The summed E-state index contributed by atoms with van der Waals surface area (Å²) in [5, 5.41) is 4.72. The molecule has 136 valence electrons. The van der Waals surface area contributed by atoms with Crippen LogP contribution in [0.2, 0.25) is 5.02 Å². The molecule has 26 heavy (non-hydrogen) atoms. The quantitative estimate of drug-likeness (QED) is 0.711. The summed E-state index contributed by atoms with van der Waals surface area (Å²) in [5.74, 6) is 0.613. The van der Waals surface area contributed by atoms with Crippen molar-refractivity contribution in [1.29, 1.82) is 0 Å². The summed E-state index contributed by atoms with van der Waals surface area (Å²) in [6, 6.07) is 12.6. The molecule has 3 rings (SSSR count). The molecular formula is C19H20ClN3O2S. The van der Waals surface area contributed by atoms with Crippen molar-refractivity contribution in [2.24, 2.45) is 0 Å². The highest BCUT2D eigenvalue weighted by Gasteiger charge is 2.21. The van der Waals surface area contributed by atoms with Crippen LogP contribution in [-0.2, 0) is 15.3 Å². The van der Waals surface area contributed by atoms with Crippen molar-refractivity contribution in [2.75, 3.05) is 18.1 Å². The molecule has 0 saturated heterocycles. The third-order valence-corrected chi connectivity index (χ3v) is 5.72. The molecule has 0 aliphatic rings. The number of fused-ring (bicyclic) bond motifs is 1. The average Bonchev–Trinajstić information content (AvgIpc) is 2.59. The number of halogens is 1. The number of rotatable bonds is 5. The molecule has 2 aromatic carbocycles. The lowest BCUT2D eigenvalue weighted by Gasteiger charge is -2.26. The summed E-state index contributed by atoms with van der Waals surface area (Å²) in [4.78, 5) is 8.77. The average molecular weight is 390 g/mol. The maximum atomic E-state index is 11.8. The lowest BCUT2D eigenvalue weighted by molar-refractivity contribution is 0.556. The molecule has 0 spiro atoms. The minimum atomic E-state index is -3.30. The Morgan fingerprint density at radius 3 is 2.42 bits per heavy atom. The minimum Gasteiger partial charge on any atom is -0.369 e. The topological polar surface area (TPSA) is 72.0 Å². The van der Waals surface area contributed by atoms with Crippen molar-refractivity contribution in [2.45, 2.75) is 24.2 Å². The Morgan fingerprint density at radius 2 is 1.77 bits per heavy atom. The van der Waals surface area contributed by atoms with E-state index in [2.05, 4.69) is 29.1 Å². The Balaban J connectivity index is 1.92. The van der Waals surface area contributed by atoms with E-state index in [9.17, 15) is 8.42 Å². The van der Waals surface area contributed by atoms with E-state index in [0.717, 1.165) is 5.56 Å². The van der Waals surface area contributed by atoms with E-state index >= 15 is 0 Å². The first kappa shape index (κ1) is 18.6. The van der Waals surface area contributed by atoms with Crippen LogP contribution in [0.5, 0.6) is 0 Å². The molecule has 0 unspecified atom stereocenters. The Labute approximate surface area is 158 Å². The predicted molar refractivity (Wildman–Crippen MR) is 106 cm³/mol. The molecule has 0 aliphatic heterocycles. The van der Waals surface area contributed by atoms with Gasteiger partial charge < -0.3 is 5.32 Å². The monoisotopic (exact) mass is 389 g/mol. The van der Waals surface area contributed by atoms with Crippen molar-refractivity contribution >= 4 is 38.2 Å². The van der Waals surface area contributed by atoms with Gasteiger partial charge >= 0.3 is 0 Å².